The van der Waals surface area contributed by atoms with Crippen molar-refractivity contribution >= 4 is 11.9 Å². The molecular weight excluding hydrogens is 270 g/mol. The van der Waals surface area contributed by atoms with Gasteiger partial charge >= 0.3 is 5.97 Å². The van der Waals surface area contributed by atoms with Crippen LogP contribution in [0, 0.1) is 0 Å². The van der Waals surface area contributed by atoms with Crippen molar-refractivity contribution in [3.8, 4) is 5.69 Å². The Labute approximate surface area is 121 Å². The average Bonchev–Trinajstić information content (AvgIpc) is 2.82. The summed E-state index contributed by atoms with van der Waals surface area (Å²) in [4.78, 5) is 29.6. The molecule has 1 aliphatic rings. The van der Waals surface area contributed by atoms with Crippen molar-refractivity contribution in [3.05, 3.63) is 47.5 Å². The van der Waals surface area contributed by atoms with E-state index >= 15 is 0 Å². The van der Waals surface area contributed by atoms with E-state index in [1.807, 2.05) is 19.9 Å². The number of hydrogen-bond acceptors (Lipinski definition) is 3. The van der Waals surface area contributed by atoms with E-state index < -0.39 is 5.97 Å². The lowest BCUT2D eigenvalue weighted by Crippen LogP contribution is -2.36. The number of carboxylic acids is 1. The summed E-state index contributed by atoms with van der Waals surface area (Å²) in [6, 6.07) is 7.14. The highest BCUT2D eigenvalue weighted by Gasteiger charge is 2.30. The number of hydrogen-bond donors (Lipinski definition) is 1. The van der Waals surface area contributed by atoms with E-state index in [0.717, 1.165) is 0 Å². The topological polar surface area (TPSA) is 75.4 Å². The van der Waals surface area contributed by atoms with Crippen LogP contribution in [0.2, 0.25) is 0 Å². The third-order valence-electron chi connectivity index (χ3n) is 3.67. The number of aromatic carboxylic acids is 1. The SMILES string of the molecule is CC(C)N1Cc2c(C(=O)O)ncn2-c2ccccc2C1=O. The van der Waals surface area contributed by atoms with Gasteiger partial charge in [-0.2, -0.15) is 0 Å². The Morgan fingerprint density at radius 3 is 2.71 bits per heavy atom. The van der Waals surface area contributed by atoms with E-state index in [9.17, 15) is 14.7 Å². The molecule has 0 bridgehead atoms. The van der Waals surface area contributed by atoms with Crippen LogP contribution in [-0.4, -0.2) is 37.5 Å². The molecule has 3 rings (SSSR count). The maximum Gasteiger partial charge on any atom is 0.356 e. The number of fused-ring (bicyclic) bond motifs is 3. The number of carbonyl (C=O) groups excluding carboxylic acids is 1. The molecular formula is C15H15N3O3. The largest absolute Gasteiger partial charge is 0.476 e. The van der Waals surface area contributed by atoms with Gasteiger partial charge in [-0.1, -0.05) is 12.1 Å². The van der Waals surface area contributed by atoms with E-state index in [-0.39, 0.29) is 24.2 Å². The number of para-hydroxylation sites is 1. The fourth-order valence-electron chi connectivity index (χ4n) is 2.58. The monoisotopic (exact) mass is 285 g/mol. The van der Waals surface area contributed by atoms with Crippen LogP contribution in [0.4, 0.5) is 0 Å². The summed E-state index contributed by atoms with van der Waals surface area (Å²) in [6.07, 6.45) is 1.47. The Bertz CT molecular complexity index is 734. The van der Waals surface area contributed by atoms with Crippen LogP contribution in [0.1, 0.15) is 40.4 Å². The average molecular weight is 285 g/mol. The zero-order chi connectivity index (χ0) is 15.1. The minimum Gasteiger partial charge on any atom is -0.476 e. The lowest BCUT2D eigenvalue weighted by molar-refractivity contribution is 0.0660. The molecule has 0 atom stereocenters. The smallest absolute Gasteiger partial charge is 0.356 e. The molecule has 6 heteroatoms. The van der Waals surface area contributed by atoms with Crippen LogP contribution >= 0.6 is 0 Å². The molecule has 1 aromatic carbocycles. The van der Waals surface area contributed by atoms with Gasteiger partial charge in [0.25, 0.3) is 5.91 Å². The van der Waals surface area contributed by atoms with Crippen LogP contribution in [-0.2, 0) is 6.54 Å². The Morgan fingerprint density at radius 1 is 1.33 bits per heavy atom. The van der Waals surface area contributed by atoms with Crippen molar-refractivity contribution < 1.29 is 14.7 Å². The first kappa shape index (κ1) is 13.4. The van der Waals surface area contributed by atoms with Crippen molar-refractivity contribution in [1.29, 1.82) is 0 Å². The van der Waals surface area contributed by atoms with Crippen LogP contribution in [0.5, 0.6) is 0 Å². The summed E-state index contributed by atoms with van der Waals surface area (Å²) in [5, 5.41) is 9.28. The van der Waals surface area contributed by atoms with Gasteiger partial charge < -0.3 is 10.0 Å². The molecule has 0 saturated carbocycles. The highest BCUT2D eigenvalue weighted by atomic mass is 16.4. The second-order valence-electron chi connectivity index (χ2n) is 5.26. The number of amides is 1. The molecule has 1 aliphatic heterocycles. The normalized spacial score (nSPS) is 13.9. The van der Waals surface area contributed by atoms with Crippen LogP contribution in [0.15, 0.2) is 30.6 Å². The van der Waals surface area contributed by atoms with Crippen molar-refractivity contribution in [2.24, 2.45) is 0 Å². The summed E-state index contributed by atoms with van der Waals surface area (Å²) in [7, 11) is 0. The van der Waals surface area contributed by atoms with Crippen LogP contribution in [0.3, 0.4) is 0 Å². The van der Waals surface area contributed by atoms with E-state index in [0.29, 0.717) is 16.9 Å². The minimum absolute atomic E-state index is 0.00912. The Hall–Kier alpha value is -2.63. The zero-order valence-electron chi connectivity index (χ0n) is 11.8. The summed E-state index contributed by atoms with van der Waals surface area (Å²) in [5.41, 5.74) is 1.74. The number of nitrogens with zero attached hydrogens (tertiary/aromatic N) is 3. The Morgan fingerprint density at radius 2 is 2.05 bits per heavy atom. The molecule has 0 aliphatic carbocycles. The van der Waals surface area contributed by atoms with E-state index in [2.05, 4.69) is 4.98 Å². The van der Waals surface area contributed by atoms with Crippen molar-refractivity contribution in [1.82, 2.24) is 14.5 Å². The van der Waals surface area contributed by atoms with Gasteiger partial charge in [-0.25, -0.2) is 9.78 Å². The molecule has 1 N–H and O–H groups in total. The molecule has 1 aromatic heterocycles. The molecule has 0 unspecified atom stereocenters. The molecule has 0 saturated heterocycles. The lowest BCUT2D eigenvalue weighted by atomic mass is 10.1. The standard InChI is InChI=1S/C15H15N3O3/c1-9(2)17-7-12-13(15(20)21)16-8-18(12)11-6-4-3-5-10(11)14(17)19/h3-6,8-9H,7H2,1-2H3,(H,20,21). The Balaban J connectivity index is 2.28. The second-order valence-corrected chi connectivity index (χ2v) is 5.26. The Kier molecular flexibility index (Phi) is 3.01. The number of imidazole rings is 1. The molecule has 2 aromatic rings. The van der Waals surface area contributed by atoms with Gasteiger partial charge in [0.1, 0.15) is 6.33 Å². The maximum absolute atomic E-state index is 12.7. The fourth-order valence-corrected chi connectivity index (χ4v) is 2.58. The molecule has 21 heavy (non-hydrogen) atoms. The van der Waals surface area contributed by atoms with Gasteiger partial charge in [-0.3, -0.25) is 9.36 Å². The molecule has 0 radical (unpaired) electrons. The third-order valence-corrected chi connectivity index (χ3v) is 3.67. The zero-order valence-corrected chi connectivity index (χ0v) is 11.8. The first-order valence-electron chi connectivity index (χ1n) is 6.70. The molecule has 0 fully saturated rings. The van der Waals surface area contributed by atoms with Gasteiger partial charge in [0.05, 0.1) is 23.5 Å². The van der Waals surface area contributed by atoms with Gasteiger partial charge in [-0.15, -0.1) is 0 Å². The molecule has 2 heterocycles. The third kappa shape index (κ3) is 1.99. The first-order chi connectivity index (χ1) is 10.0. The first-order valence-corrected chi connectivity index (χ1v) is 6.70. The lowest BCUT2D eigenvalue weighted by Gasteiger charge is -2.25. The second kappa shape index (κ2) is 4.73. The number of benzene rings is 1. The highest BCUT2D eigenvalue weighted by Crippen LogP contribution is 2.27. The molecule has 108 valence electrons. The quantitative estimate of drug-likeness (QED) is 0.915. The minimum atomic E-state index is -1.08. The number of carbonyl (C=O) groups is 2. The predicted octanol–water partition coefficient (Wildman–Crippen LogP) is 1.93. The van der Waals surface area contributed by atoms with Crippen molar-refractivity contribution in [2.45, 2.75) is 26.4 Å². The van der Waals surface area contributed by atoms with E-state index in [4.69, 9.17) is 0 Å². The van der Waals surface area contributed by atoms with Gasteiger partial charge in [0, 0.05) is 6.04 Å². The number of aromatic nitrogens is 2. The molecule has 1 amide bonds. The predicted molar refractivity (Wildman–Crippen MR) is 75.5 cm³/mol. The maximum atomic E-state index is 12.7. The van der Waals surface area contributed by atoms with Crippen LogP contribution < -0.4 is 0 Å². The van der Waals surface area contributed by atoms with Gasteiger partial charge in [-0.05, 0) is 26.0 Å². The van der Waals surface area contributed by atoms with E-state index in [1.54, 1.807) is 27.7 Å². The van der Waals surface area contributed by atoms with Gasteiger partial charge in [0.15, 0.2) is 5.69 Å². The highest BCUT2D eigenvalue weighted by molar-refractivity contribution is 5.99. The fraction of sp³-hybridized carbons (Fsp3) is 0.267. The van der Waals surface area contributed by atoms with Crippen LogP contribution in [0.25, 0.3) is 5.69 Å². The summed E-state index contributed by atoms with van der Waals surface area (Å²) in [6.45, 7) is 4.05. The van der Waals surface area contributed by atoms with Crippen molar-refractivity contribution in [2.75, 3.05) is 0 Å². The van der Waals surface area contributed by atoms with Gasteiger partial charge in [0.2, 0.25) is 0 Å². The van der Waals surface area contributed by atoms with Crippen molar-refractivity contribution in [3.63, 3.8) is 0 Å². The van der Waals surface area contributed by atoms with E-state index in [1.165, 1.54) is 6.33 Å². The summed E-state index contributed by atoms with van der Waals surface area (Å²) in [5.74, 6) is -1.18. The molecule has 0 spiro atoms. The molecule has 6 nitrogen and oxygen atoms in total. The summed E-state index contributed by atoms with van der Waals surface area (Å²) < 4.78 is 1.69. The number of rotatable bonds is 2. The summed E-state index contributed by atoms with van der Waals surface area (Å²) >= 11 is 0. The number of carboxylic acid groups (broad SMARTS) is 1.